The number of rotatable bonds is 7. The number of hydrogen-bond donors (Lipinski definition) is 0. The first-order chi connectivity index (χ1) is 12.2. The van der Waals surface area contributed by atoms with Gasteiger partial charge in [0.2, 0.25) is 0 Å². The molecule has 0 aromatic heterocycles. The summed E-state index contributed by atoms with van der Waals surface area (Å²) in [7, 11) is 0. The molecule has 1 aliphatic rings. The quantitative estimate of drug-likeness (QED) is 0.693. The van der Waals surface area contributed by atoms with Gasteiger partial charge in [-0.15, -0.1) is 12.4 Å². The third kappa shape index (κ3) is 6.17. The number of hydrogen-bond acceptors (Lipinski definition) is 3. The van der Waals surface area contributed by atoms with Crippen LogP contribution in [0.4, 0.5) is 0 Å². The van der Waals surface area contributed by atoms with Crippen molar-refractivity contribution in [1.82, 2.24) is 9.80 Å². The van der Waals surface area contributed by atoms with Crippen LogP contribution in [-0.4, -0.2) is 55.7 Å². The molecular weight excluding hydrogens is 367 g/mol. The van der Waals surface area contributed by atoms with E-state index in [1.807, 2.05) is 24.3 Å². The molecular formula is C21H28Cl2N2O. The Morgan fingerprint density at radius 3 is 2.35 bits per heavy atom. The highest BCUT2D eigenvalue weighted by molar-refractivity contribution is 6.30. The van der Waals surface area contributed by atoms with Crippen molar-refractivity contribution in [3.05, 3.63) is 64.7 Å². The molecule has 0 N–H and O–H groups in total. The minimum Gasteiger partial charge on any atom is -0.492 e. The van der Waals surface area contributed by atoms with Gasteiger partial charge in [0.15, 0.2) is 0 Å². The van der Waals surface area contributed by atoms with Crippen molar-refractivity contribution in [2.75, 3.05) is 45.9 Å². The molecule has 1 fully saturated rings. The fourth-order valence-corrected chi connectivity index (χ4v) is 3.45. The first kappa shape index (κ1) is 21.0. The van der Waals surface area contributed by atoms with Crippen molar-refractivity contribution in [2.45, 2.75) is 13.3 Å². The molecule has 2 aromatic rings. The summed E-state index contributed by atoms with van der Waals surface area (Å²) in [6, 6.07) is 16.4. The highest BCUT2D eigenvalue weighted by atomic mass is 35.5. The lowest BCUT2D eigenvalue weighted by Gasteiger charge is -2.33. The highest BCUT2D eigenvalue weighted by Gasteiger charge is 2.15. The van der Waals surface area contributed by atoms with E-state index in [-0.39, 0.29) is 12.4 Å². The molecule has 2 aromatic carbocycles. The topological polar surface area (TPSA) is 15.7 Å². The Bertz CT molecular complexity index is 658. The van der Waals surface area contributed by atoms with E-state index in [1.54, 1.807) is 0 Å². The third-order valence-electron chi connectivity index (χ3n) is 4.84. The first-order valence-electron chi connectivity index (χ1n) is 9.14. The number of benzene rings is 2. The molecule has 0 bridgehead atoms. The van der Waals surface area contributed by atoms with Gasteiger partial charge in [-0.05, 0) is 35.9 Å². The summed E-state index contributed by atoms with van der Waals surface area (Å²) in [4.78, 5) is 4.98. The van der Waals surface area contributed by atoms with Crippen LogP contribution in [0.1, 0.15) is 18.1 Å². The third-order valence-corrected chi connectivity index (χ3v) is 5.07. The van der Waals surface area contributed by atoms with Gasteiger partial charge in [-0.1, -0.05) is 48.9 Å². The zero-order chi connectivity index (χ0) is 17.5. The van der Waals surface area contributed by atoms with Gasteiger partial charge in [-0.25, -0.2) is 0 Å². The Hall–Kier alpha value is -1.26. The van der Waals surface area contributed by atoms with E-state index in [2.05, 4.69) is 41.0 Å². The van der Waals surface area contributed by atoms with Gasteiger partial charge in [0.25, 0.3) is 0 Å². The van der Waals surface area contributed by atoms with Crippen LogP contribution in [0.5, 0.6) is 5.75 Å². The van der Waals surface area contributed by atoms with Gasteiger partial charge in [-0.3, -0.25) is 4.90 Å². The van der Waals surface area contributed by atoms with Crippen molar-refractivity contribution < 1.29 is 4.74 Å². The normalized spacial score (nSPS) is 15.5. The second-order valence-corrected chi connectivity index (χ2v) is 6.98. The second kappa shape index (κ2) is 10.8. The molecule has 26 heavy (non-hydrogen) atoms. The van der Waals surface area contributed by atoms with Crippen LogP contribution in [0.25, 0.3) is 0 Å². The van der Waals surface area contributed by atoms with Gasteiger partial charge in [0.05, 0.1) is 0 Å². The predicted molar refractivity (Wildman–Crippen MR) is 112 cm³/mol. The summed E-state index contributed by atoms with van der Waals surface area (Å²) in [6.45, 7) is 9.67. The lowest BCUT2D eigenvalue weighted by atomic mass is 10.0. The Balaban J connectivity index is 0.00000243. The Kier molecular flexibility index (Phi) is 8.73. The van der Waals surface area contributed by atoms with Gasteiger partial charge < -0.3 is 9.64 Å². The van der Waals surface area contributed by atoms with Gasteiger partial charge >= 0.3 is 0 Å². The van der Waals surface area contributed by atoms with Gasteiger partial charge in [-0.2, -0.15) is 0 Å². The second-order valence-electron chi connectivity index (χ2n) is 6.54. The summed E-state index contributed by atoms with van der Waals surface area (Å²) >= 11 is 6.20. The molecule has 0 amide bonds. The van der Waals surface area contributed by atoms with E-state index in [1.165, 1.54) is 5.56 Å². The van der Waals surface area contributed by atoms with Crippen LogP contribution >= 0.6 is 24.0 Å². The first-order valence-corrected chi connectivity index (χ1v) is 9.52. The molecule has 1 aliphatic heterocycles. The molecule has 5 heteroatoms. The zero-order valence-electron chi connectivity index (χ0n) is 15.4. The van der Waals surface area contributed by atoms with Crippen molar-refractivity contribution in [3.63, 3.8) is 0 Å². The number of ether oxygens (including phenoxy) is 1. The smallest absolute Gasteiger partial charge is 0.122 e. The minimum absolute atomic E-state index is 0. The molecule has 0 unspecified atom stereocenters. The van der Waals surface area contributed by atoms with Crippen molar-refractivity contribution in [3.8, 4) is 5.75 Å². The van der Waals surface area contributed by atoms with Crippen molar-refractivity contribution in [2.24, 2.45) is 0 Å². The number of nitrogens with zero attached hydrogens (tertiary/aromatic N) is 2. The lowest BCUT2D eigenvalue weighted by molar-refractivity contribution is 0.120. The number of likely N-dealkylation sites (N-methyl/N-ethyl adjacent to an activating group) is 1. The fourth-order valence-electron chi connectivity index (χ4n) is 3.26. The largest absolute Gasteiger partial charge is 0.492 e. The van der Waals surface area contributed by atoms with E-state index >= 15 is 0 Å². The van der Waals surface area contributed by atoms with E-state index in [0.29, 0.717) is 0 Å². The van der Waals surface area contributed by atoms with E-state index in [0.717, 1.165) is 68.6 Å². The van der Waals surface area contributed by atoms with Crippen LogP contribution < -0.4 is 4.74 Å². The summed E-state index contributed by atoms with van der Waals surface area (Å²) in [6.07, 6.45) is 0.839. The lowest BCUT2D eigenvalue weighted by Crippen LogP contribution is -2.47. The maximum absolute atomic E-state index is 6.20. The van der Waals surface area contributed by atoms with E-state index < -0.39 is 0 Å². The van der Waals surface area contributed by atoms with E-state index in [9.17, 15) is 0 Å². The van der Waals surface area contributed by atoms with Crippen molar-refractivity contribution in [1.29, 1.82) is 0 Å². The standard InChI is InChI=1S/C21H27ClN2O.ClH/c1-2-23-10-12-24(13-11-23)14-15-25-21-9-8-20(22)17-19(21)16-18-6-4-3-5-7-18;/h3-9,17H,2,10-16H2,1H3;1H. The monoisotopic (exact) mass is 394 g/mol. The van der Waals surface area contributed by atoms with E-state index in [4.69, 9.17) is 16.3 Å². The predicted octanol–water partition coefficient (Wildman–Crippen LogP) is 4.37. The Morgan fingerprint density at radius 1 is 0.962 bits per heavy atom. The maximum Gasteiger partial charge on any atom is 0.122 e. The van der Waals surface area contributed by atoms with Crippen molar-refractivity contribution >= 4 is 24.0 Å². The summed E-state index contributed by atoms with van der Waals surface area (Å²) in [5.41, 5.74) is 2.42. The number of halogens is 2. The highest BCUT2D eigenvalue weighted by Crippen LogP contribution is 2.25. The fraction of sp³-hybridized carbons (Fsp3) is 0.429. The molecule has 0 saturated carbocycles. The van der Waals surface area contributed by atoms with Gasteiger partial charge in [0, 0.05) is 44.2 Å². The summed E-state index contributed by atoms with van der Waals surface area (Å²) in [5.74, 6) is 0.945. The maximum atomic E-state index is 6.20. The average Bonchev–Trinajstić information content (AvgIpc) is 2.65. The Labute approximate surface area is 168 Å². The molecule has 1 saturated heterocycles. The summed E-state index contributed by atoms with van der Waals surface area (Å²) in [5, 5.41) is 0.758. The van der Waals surface area contributed by atoms with Crippen LogP contribution in [0.15, 0.2) is 48.5 Å². The van der Waals surface area contributed by atoms with Crippen LogP contribution in [0, 0.1) is 0 Å². The molecule has 1 heterocycles. The molecule has 0 spiro atoms. The molecule has 3 rings (SSSR count). The number of piperazine rings is 1. The average molecular weight is 395 g/mol. The zero-order valence-corrected chi connectivity index (χ0v) is 16.9. The SMILES string of the molecule is CCN1CCN(CCOc2ccc(Cl)cc2Cc2ccccc2)CC1.Cl. The van der Waals surface area contributed by atoms with Gasteiger partial charge in [0.1, 0.15) is 12.4 Å². The molecule has 142 valence electrons. The summed E-state index contributed by atoms with van der Waals surface area (Å²) < 4.78 is 6.11. The van der Waals surface area contributed by atoms with Crippen LogP contribution in [0.2, 0.25) is 5.02 Å². The molecule has 0 atom stereocenters. The van der Waals surface area contributed by atoms with Crippen LogP contribution in [-0.2, 0) is 6.42 Å². The Morgan fingerprint density at radius 2 is 1.65 bits per heavy atom. The minimum atomic E-state index is 0. The van der Waals surface area contributed by atoms with Crippen LogP contribution in [0.3, 0.4) is 0 Å². The molecule has 0 radical (unpaired) electrons. The molecule has 3 nitrogen and oxygen atoms in total. The molecule has 0 aliphatic carbocycles.